The van der Waals surface area contributed by atoms with Crippen molar-refractivity contribution in [3.8, 4) is 0 Å². The summed E-state index contributed by atoms with van der Waals surface area (Å²) in [5.74, 6) is -0.0241. The molecule has 4 rings (SSSR count). The fraction of sp³-hybridized carbons (Fsp3) is 0.417. The van der Waals surface area contributed by atoms with Gasteiger partial charge in [-0.1, -0.05) is 30.7 Å². The number of halogens is 1. The van der Waals surface area contributed by atoms with Crippen LogP contribution in [0.25, 0.3) is 0 Å². The average molecular weight is 428 g/mol. The Bertz CT molecular complexity index is 917. The lowest BCUT2D eigenvalue weighted by atomic mass is 10.0. The fourth-order valence-electron chi connectivity index (χ4n) is 4.54. The van der Waals surface area contributed by atoms with E-state index < -0.39 is 0 Å². The molecule has 160 valence electrons. The zero-order chi connectivity index (χ0) is 20.4. The Morgan fingerprint density at radius 3 is 2.37 bits per heavy atom. The Morgan fingerprint density at radius 1 is 1.00 bits per heavy atom. The molecule has 0 radical (unpaired) electrons. The van der Waals surface area contributed by atoms with Crippen LogP contribution in [0, 0.1) is 0 Å². The number of piperidine rings is 1. The van der Waals surface area contributed by atoms with E-state index in [1.807, 2.05) is 55.5 Å². The molecule has 0 aromatic heterocycles. The number of hydrogen-bond acceptors (Lipinski definition) is 3. The number of anilines is 3. The fourth-order valence-corrected chi connectivity index (χ4v) is 4.54. The number of carbonyl (C=O) groups is 2. The number of likely N-dealkylation sites (tertiary alicyclic amines) is 1. The van der Waals surface area contributed by atoms with Crippen LogP contribution in [0.5, 0.6) is 0 Å². The van der Waals surface area contributed by atoms with Gasteiger partial charge in [0, 0.05) is 25.6 Å². The van der Waals surface area contributed by atoms with Crippen LogP contribution in [0.1, 0.15) is 49.9 Å². The second kappa shape index (κ2) is 9.63. The first-order valence-electron chi connectivity index (χ1n) is 10.7. The van der Waals surface area contributed by atoms with E-state index in [-0.39, 0.29) is 24.2 Å². The first-order valence-corrected chi connectivity index (χ1v) is 10.7. The molecule has 0 bridgehead atoms. The van der Waals surface area contributed by atoms with Gasteiger partial charge in [0.1, 0.15) is 0 Å². The van der Waals surface area contributed by atoms with Crippen molar-refractivity contribution in [3.63, 3.8) is 0 Å². The first-order chi connectivity index (χ1) is 14.1. The van der Waals surface area contributed by atoms with E-state index >= 15 is 0 Å². The highest BCUT2D eigenvalue weighted by molar-refractivity contribution is 6.18. The first kappa shape index (κ1) is 22.3. The molecule has 2 aliphatic rings. The van der Waals surface area contributed by atoms with Crippen LogP contribution in [-0.4, -0.2) is 42.4 Å². The van der Waals surface area contributed by atoms with Crippen molar-refractivity contribution in [1.29, 1.82) is 0 Å². The van der Waals surface area contributed by atoms with Crippen molar-refractivity contribution < 1.29 is 9.59 Å². The summed E-state index contributed by atoms with van der Waals surface area (Å²) in [5, 5.41) is 0. The van der Waals surface area contributed by atoms with E-state index in [4.69, 9.17) is 0 Å². The van der Waals surface area contributed by atoms with Gasteiger partial charge in [0.05, 0.1) is 22.6 Å². The Kier molecular flexibility index (Phi) is 7.16. The van der Waals surface area contributed by atoms with E-state index in [1.165, 1.54) is 19.3 Å². The minimum Gasteiger partial charge on any atom is -0.307 e. The van der Waals surface area contributed by atoms with E-state index in [1.54, 1.807) is 9.80 Å². The number of benzene rings is 2. The minimum absolute atomic E-state index is 0. The van der Waals surface area contributed by atoms with Gasteiger partial charge in [-0.25, -0.2) is 0 Å². The summed E-state index contributed by atoms with van der Waals surface area (Å²) in [5.41, 5.74) is 2.82. The summed E-state index contributed by atoms with van der Waals surface area (Å²) >= 11 is 0. The van der Waals surface area contributed by atoms with Crippen LogP contribution >= 0.6 is 12.4 Å². The number of hydrogen-bond donors (Lipinski definition) is 0. The van der Waals surface area contributed by atoms with Crippen LogP contribution in [0.3, 0.4) is 0 Å². The van der Waals surface area contributed by atoms with Gasteiger partial charge in [-0.15, -0.1) is 12.4 Å². The van der Waals surface area contributed by atoms with Crippen LogP contribution < -0.4 is 9.80 Å². The number of rotatable bonds is 4. The van der Waals surface area contributed by atoms with Gasteiger partial charge in [0.2, 0.25) is 5.91 Å². The third kappa shape index (κ3) is 4.09. The zero-order valence-corrected chi connectivity index (χ0v) is 18.5. The van der Waals surface area contributed by atoms with E-state index in [0.717, 1.165) is 24.5 Å². The Balaban J connectivity index is 0.00000256. The molecule has 30 heavy (non-hydrogen) atoms. The van der Waals surface area contributed by atoms with E-state index in [2.05, 4.69) is 11.8 Å². The van der Waals surface area contributed by atoms with Crippen LogP contribution in [0.4, 0.5) is 17.1 Å². The summed E-state index contributed by atoms with van der Waals surface area (Å²) in [7, 11) is 0. The number of fused-ring (bicyclic) bond motifs is 2. The van der Waals surface area contributed by atoms with Gasteiger partial charge in [-0.2, -0.15) is 0 Å². The van der Waals surface area contributed by atoms with Crippen molar-refractivity contribution in [3.05, 3.63) is 54.1 Å². The average Bonchev–Trinajstić information content (AvgIpc) is 2.85. The van der Waals surface area contributed by atoms with Crippen molar-refractivity contribution in [2.75, 3.05) is 29.4 Å². The quantitative estimate of drug-likeness (QED) is 0.688. The van der Waals surface area contributed by atoms with Gasteiger partial charge >= 0.3 is 0 Å². The molecule has 1 atom stereocenters. The van der Waals surface area contributed by atoms with Gasteiger partial charge < -0.3 is 9.80 Å². The SMILES string of the molecule is CCN1C(=O)c2ccccc2N(C(=O)CCN2CCCCC2C)c2ccccc21.Cl. The summed E-state index contributed by atoms with van der Waals surface area (Å²) < 4.78 is 0. The molecule has 1 saturated heterocycles. The summed E-state index contributed by atoms with van der Waals surface area (Å²) in [4.78, 5) is 32.7. The lowest BCUT2D eigenvalue weighted by Crippen LogP contribution is -2.40. The Morgan fingerprint density at radius 2 is 1.67 bits per heavy atom. The van der Waals surface area contributed by atoms with Crippen molar-refractivity contribution in [1.82, 2.24) is 4.90 Å². The van der Waals surface area contributed by atoms with Crippen LogP contribution in [0.2, 0.25) is 0 Å². The van der Waals surface area contributed by atoms with Crippen LogP contribution in [0.15, 0.2) is 48.5 Å². The van der Waals surface area contributed by atoms with Crippen molar-refractivity contribution in [2.45, 2.75) is 45.6 Å². The predicted octanol–water partition coefficient (Wildman–Crippen LogP) is 5.02. The summed E-state index contributed by atoms with van der Waals surface area (Å²) in [6, 6.07) is 15.7. The maximum atomic E-state index is 13.5. The van der Waals surface area contributed by atoms with Gasteiger partial charge in [0.25, 0.3) is 5.91 Å². The molecular weight excluding hydrogens is 398 g/mol. The second-order valence-corrected chi connectivity index (χ2v) is 7.92. The monoisotopic (exact) mass is 427 g/mol. The normalized spacial score (nSPS) is 18.9. The molecule has 2 aliphatic heterocycles. The largest absolute Gasteiger partial charge is 0.307 e. The minimum atomic E-state index is -0.0597. The topological polar surface area (TPSA) is 43.9 Å². The Hall–Kier alpha value is -2.37. The van der Waals surface area contributed by atoms with Gasteiger partial charge in [-0.05, 0) is 57.5 Å². The van der Waals surface area contributed by atoms with Crippen molar-refractivity contribution in [2.24, 2.45) is 0 Å². The van der Waals surface area contributed by atoms with Gasteiger partial charge in [-0.3, -0.25) is 14.5 Å². The number of para-hydroxylation sites is 3. The highest BCUT2D eigenvalue weighted by Crippen LogP contribution is 2.40. The molecule has 6 heteroatoms. The molecule has 2 heterocycles. The molecule has 0 saturated carbocycles. The Labute approximate surface area is 185 Å². The standard InChI is InChI=1S/C24H29N3O2.ClH/c1-3-26-21-13-6-7-14-22(21)27(20-12-5-4-11-19(20)24(26)29)23(28)15-17-25-16-9-8-10-18(25)2;/h4-7,11-14,18H,3,8-10,15-17H2,1-2H3;1H. The molecule has 0 N–H and O–H groups in total. The second-order valence-electron chi connectivity index (χ2n) is 7.92. The molecular formula is C24H30ClN3O2. The highest BCUT2D eigenvalue weighted by atomic mass is 35.5. The molecule has 5 nitrogen and oxygen atoms in total. The highest BCUT2D eigenvalue weighted by Gasteiger charge is 2.33. The lowest BCUT2D eigenvalue weighted by molar-refractivity contribution is -0.118. The van der Waals surface area contributed by atoms with Crippen LogP contribution in [-0.2, 0) is 4.79 Å². The van der Waals surface area contributed by atoms with Crippen molar-refractivity contribution >= 4 is 41.3 Å². The maximum absolute atomic E-state index is 13.5. The third-order valence-electron chi connectivity index (χ3n) is 6.15. The zero-order valence-electron chi connectivity index (χ0n) is 17.7. The predicted molar refractivity (Wildman–Crippen MR) is 124 cm³/mol. The summed E-state index contributed by atoms with van der Waals surface area (Å²) in [6.07, 6.45) is 4.11. The maximum Gasteiger partial charge on any atom is 0.260 e. The molecule has 2 aromatic carbocycles. The lowest BCUT2D eigenvalue weighted by Gasteiger charge is -2.34. The number of amides is 2. The summed E-state index contributed by atoms with van der Waals surface area (Å²) in [6.45, 7) is 6.58. The molecule has 2 amide bonds. The van der Waals surface area contributed by atoms with E-state index in [9.17, 15) is 9.59 Å². The van der Waals surface area contributed by atoms with E-state index in [0.29, 0.717) is 30.3 Å². The molecule has 1 unspecified atom stereocenters. The third-order valence-corrected chi connectivity index (χ3v) is 6.15. The number of carbonyl (C=O) groups excluding carboxylic acids is 2. The molecule has 2 aromatic rings. The van der Waals surface area contributed by atoms with Gasteiger partial charge in [0.15, 0.2) is 0 Å². The molecule has 0 spiro atoms. The molecule has 1 fully saturated rings. The number of nitrogens with zero attached hydrogens (tertiary/aromatic N) is 3. The smallest absolute Gasteiger partial charge is 0.260 e. The molecule has 0 aliphatic carbocycles.